The van der Waals surface area contributed by atoms with Gasteiger partial charge in [0.25, 0.3) is 5.91 Å². The topological polar surface area (TPSA) is 96.3 Å². The molecule has 8 nitrogen and oxygen atoms in total. The summed E-state index contributed by atoms with van der Waals surface area (Å²) in [5, 5.41) is 9.22. The van der Waals surface area contributed by atoms with E-state index in [-0.39, 0.29) is 12.5 Å². The fraction of sp³-hybridized carbons (Fsp3) is 0.294. The maximum Gasteiger partial charge on any atom is 0.310 e. The Hall–Kier alpha value is -3.16. The number of hydrogen-bond acceptors (Lipinski definition) is 4. The van der Waals surface area contributed by atoms with Gasteiger partial charge in [-0.1, -0.05) is 18.2 Å². The largest absolute Gasteiger partial charge is 0.346 e. The zero-order valence-electron chi connectivity index (χ0n) is 14.0. The van der Waals surface area contributed by atoms with Gasteiger partial charge in [-0.25, -0.2) is 0 Å². The molecule has 1 atom stereocenters. The summed E-state index contributed by atoms with van der Waals surface area (Å²) in [4.78, 5) is 37.8. The van der Waals surface area contributed by atoms with Crippen LogP contribution < -0.4 is 15.5 Å². The summed E-state index contributed by atoms with van der Waals surface area (Å²) >= 11 is 0. The first-order chi connectivity index (χ1) is 12.0. The summed E-state index contributed by atoms with van der Waals surface area (Å²) in [6.45, 7) is 2.60. The minimum atomic E-state index is -0.840. The highest BCUT2D eigenvalue weighted by Gasteiger charge is 2.36. The molecule has 1 aliphatic heterocycles. The van der Waals surface area contributed by atoms with Crippen LogP contribution in [0, 0.1) is 6.92 Å². The van der Waals surface area contributed by atoms with Crippen molar-refractivity contribution in [3.05, 3.63) is 47.8 Å². The summed E-state index contributed by atoms with van der Waals surface area (Å²) in [5.74, 6) is -1.88. The van der Waals surface area contributed by atoms with Crippen LogP contribution in [-0.2, 0) is 20.9 Å². The number of carbonyl (C=O) groups excluding carboxylic acids is 3. The normalized spacial score (nSPS) is 15.8. The molecule has 1 aromatic heterocycles. The van der Waals surface area contributed by atoms with E-state index < -0.39 is 17.9 Å². The molecule has 2 heterocycles. The summed E-state index contributed by atoms with van der Waals surface area (Å²) in [6.07, 6.45) is 1.80. The highest BCUT2D eigenvalue weighted by Crippen LogP contribution is 2.34. The molecular weight excluding hydrogens is 322 g/mol. The van der Waals surface area contributed by atoms with E-state index in [0.29, 0.717) is 12.1 Å². The third-order valence-electron chi connectivity index (χ3n) is 4.07. The number of aryl methyl sites for hydroxylation is 1. The van der Waals surface area contributed by atoms with Gasteiger partial charge in [-0.15, -0.1) is 0 Å². The number of carbonyl (C=O) groups is 3. The Morgan fingerprint density at radius 3 is 2.68 bits per heavy atom. The second-order valence-corrected chi connectivity index (χ2v) is 5.84. The third-order valence-corrected chi connectivity index (χ3v) is 4.07. The molecule has 2 aromatic rings. The number of benzene rings is 1. The van der Waals surface area contributed by atoms with Gasteiger partial charge in [0.05, 0.1) is 12.2 Å². The van der Waals surface area contributed by atoms with Crippen LogP contribution in [0.3, 0.4) is 0 Å². The van der Waals surface area contributed by atoms with Gasteiger partial charge in [-0.05, 0) is 19.1 Å². The second-order valence-electron chi connectivity index (χ2n) is 5.84. The van der Waals surface area contributed by atoms with E-state index in [4.69, 9.17) is 0 Å². The summed E-state index contributed by atoms with van der Waals surface area (Å²) < 4.78 is 1.68. The molecule has 3 amide bonds. The van der Waals surface area contributed by atoms with Crippen LogP contribution in [-0.4, -0.2) is 41.1 Å². The molecule has 0 aliphatic carbocycles. The lowest BCUT2D eigenvalue weighted by molar-refractivity contribution is -0.140. The van der Waals surface area contributed by atoms with Gasteiger partial charge >= 0.3 is 11.8 Å². The van der Waals surface area contributed by atoms with Crippen LogP contribution in [0.25, 0.3) is 0 Å². The van der Waals surface area contributed by atoms with Crippen molar-refractivity contribution in [2.45, 2.75) is 19.5 Å². The maximum atomic E-state index is 12.3. The van der Waals surface area contributed by atoms with Crippen LogP contribution >= 0.6 is 0 Å². The van der Waals surface area contributed by atoms with Gasteiger partial charge in [-0.3, -0.25) is 19.1 Å². The van der Waals surface area contributed by atoms with Gasteiger partial charge in [0.2, 0.25) is 0 Å². The Labute approximate surface area is 144 Å². The van der Waals surface area contributed by atoms with E-state index in [1.807, 2.05) is 19.1 Å². The Balaban J connectivity index is 1.56. The molecule has 0 radical (unpaired) electrons. The smallest absolute Gasteiger partial charge is 0.310 e. The number of fused-ring (bicyclic) bond motifs is 1. The molecule has 2 N–H and O–H groups in total. The minimum absolute atomic E-state index is 0.266. The van der Waals surface area contributed by atoms with Crippen molar-refractivity contribution in [2.24, 2.45) is 0 Å². The highest BCUT2D eigenvalue weighted by molar-refractivity contribution is 6.35. The molecule has 3 rings (SSSR count). The van der Waals surface area contributed by atoms with E-state index in [9.17, 15) is 14.4 Å². The predicted molar refractivity (Wildman–Crippen MR) is 90.7 cm³/mol. The Morgan fingerprint density at radius 2 is 1.96 bits per heavy atom. The average Bonchev–Trinajstić information content (AvgIpc) is 3.12. The number of aromatic nitrogens is 2. The first kappa shape index (κ1) is 16.7. The van der Waals surface area contributed by atoms with Crippen LogP contribution in [0.1, 0.15) is 17.3 Å². The average molecular weight is 341 g/mol. The van der Waals surface area contributed by atoms with Gasteiger partial charge < -0.3 is 15.5 Å². The van der Waals surface area contributed by atoms with Gasteiger partial charge in [0, 0.05) is 31.0 Å². The molecule has 8 heteroatoms. The number of hydrogen-bond donors (Lipinski definition) is 2. The van der Waals surface area contributed by atoms with Gasteiger partial charge in [0.1, 0.15) is 6.04 Å². The van der Waals surface area contributed by atoms with Gasteiger partial charge in [0.15, 0.2) is 0 Å². The molecule has 0 spiro atoms. The first-order valence-corrected chi connectivity index (χ1v) is 7.92. The molecule has 0 fully saturated rings. The van der Waals surface area contributed by atoms with Crippen molar-refractivity contribution in [2.75, 3.05) is 18.5 Å². The highest BCUT2D eigenvalue weighted by atomic mass is 16.2. The molecule has 0 saturated heterocycles. The van der Waals surface area contributed by atoms with Crippen LogP contribution in [0.15, 0.2) is 36.5 Å². The number of anilines is 1. The van der Waals surface area contributed by atoms with E-state index >= 15 is 0 Å². The third kappa shape index (κ3) is 3.37. The molecule has 1 unspecified atom stereocenters. The first-order valence-electron chi connectivity index (χ1n) is 7.92. The molecular formula is C17H19N5O3. The van der Waals surface area contributed by atoms with E-state index in [2.05, 4.69) is 15.7 Å². The molecule has 0 saturated carbocycles. The predicted octanol–water partition coefficient (Wildman–Crippen LogP) is 0.142. The Morgan fingerprint density at radius 1 is 1.20 bits per heavy atom. The summed E-state index contributed by atoms with van der Waals surface area (Å²) in [6, 6.07) is 8.18. The number of nitrogens with zero attached hydrogens (tertiary/aromatic N) is 3. The molecule has 1 aromatic carbocycles. The van der Waals surface area contributed by atoms with Crippen molar-refractivity contribution in [3.8, 4) is 0 Å². The zero-order chi connectivity index (χ0) is 18.0. The Kier molecular flexibility index (Phi) is 4.51. The Bertz CT molecular complexity index is 829. The number of para-hydroxylation sites is 1. The lowest BCUT2D eigenvalue weighted by Gasteiger charge is -2.13. The van der Waals surface area contributed by atoms with Crippen molar-refractivity contribution in [1.82, 2.24) is 20.4 Å². The van der Waals surface area contributed by atoms with Crippen LogP contribution in [0.4, 0.5) is 5.69 Å². The quantitative estimate of drug-likeness (QED) is 0.773. The van der Waals surface area contributed by atoms with Crippen molar-refractivity contribution in [1.29, 1.82) is 0 Å². The lowest BCUT2D eigenvalue weighted by atomic mass is 10.1. The van der Waals surface area contributed by atoms with E-state index in [1.165, 1.54) is 4.90 Å². The molecule has 130 valence electrons. The fourth-order valence-corrected chi connectivity index (χ4v) is 2.77. The van der Waals surface area contributed by atoms with Crippen molar-refractivity contribution in [3.63, 3.8) is 0 Å². The number of likely N-dealkylation sites (N-methyl/N-ethyl adjacent to an activating group) is 1. The van der Waals surface area contributed by atoms with Crippen LogP contribution in [0.5, 0.6) is 0 Å². The number of rotatable bonds is 4. The SMILES string of the molecule is Cc1ccn(CCNC(=O)C(=O)NC2C(=O)N(C)c3ccccc32)n1. The summed E-state index contributed by atoms with van der Waals surface area (Å²) in [7, 11) is 1.64. The molecule has 25 heavy (non-hydrogen) atoms. The van der Waals surface area contributed by atoms with E-state index in [0.717, 1.165) is 11.4 Å². The molecule has 1 aliphatic rings. The lowest BCUT2D eigenvalue weighted by Crippen LogP contribution is -2.44. The number of nitrogens with one attached hydrogen (secondary N) is 2. The van der Waals surface area contributed by atoms with Crippen LogP contribution in [0.2, 0.25) is 0 Å². The number of amides is 3. The van der Waals surface area contributed by atoms with Gasteiger partial charge in [-0.2, -0.15) is 5.10 Å². The molecule has 0 bridgehead atoms. The zero-order valence-corrected chi connectivity index (χ0v) is 14.0. The minimum Gasteiger partial charge on any atom is -0.346 e. The monoisotopic (exact) mass is 341 g/mol. The second kappa shape index (κ2) is 6.76. The fourth-order valence-electron chi connectivity index (χ4n) is 2.77. The van der Waals surface area contributed by atoms with Crippen molar-refractivity contribution >= 4 is 23.4 Å². The maximum absolute atomic E-state index is 12.3. The summed E-state index contributed by atoms with van der Waals surface area (Å²) in [5.41, 5.74) is 2.29. The van der Waals surface area contributed by atoms with Crippen molar-refractivity contribution < 1.29 is 14.4 Å². The van der Waals surface area contributed by atoms with E-state index in [1.54, 1.807) is 36.1 Å². The standard InChI is InChI=1S/C17H19N5O3/c1-11-7-9-22(20-11)10-8-18-15(23)16(24)19-14-12-5-3-4-6-13(12)21(2)17(14)25/h3-7,9,14H,8,10H2,1-2H3,(H,18,23)(H,19,24).